The van der Waals surface area contributed by atoms with Gasteiger partial charge >= 0.3 is 0 Å². The van der Waals surface area contributed by atoms with Gasteiger partial charge in [0.15, 0.2) is 11.5 Å². The number of hydrogen-bond acceptors (Lipinski definition) is 4. The van der Waals surface area contributed by atoms with Crippen LogP contribution in [-0.4, -0.2) is 19.2 Å². The molecule has 0 saturated heterocycles. The van der Waals surface area contributed by atoms with Gasteiger partial charge in [-0.25, -0.2) is 0 Å². The van der Waals surface area contributed by atoms with Crippen LogP contribution >= 0.6 is 0 Å². The molecule has 0 aliphatic rings. The molecular formula is C15H18N2O2. The molecule has 0 amide bonds. The summed E-state index contributed by atoms with van der Waals surface area (Å²) in [6.45, 7) is 1.43. The summed E-state index contributed by atoms with van der Waals surface area (Å²) in [7, 11) is 3.25. The van der Waals surface area contributed by atoms with E-state index in [0.29, 0.717) is 18.0 Å². The van der Waals surface area contributed by atoms with Crippen molar-refractivity contribution in [2.75, 3.05) is 14.2 Å². The maximum absolute atomic E-state index is 5.34. The highest BCUT2D eigenvalue weighted by Gasteiger charge is 2.10. The van der Waals surface area contributed by atoms with E-state index in [4.69, 9.17) is 9.47 Å². The Morgan fingerprint density at radius 3 is 2.47 bits per heavy atom. The first kappa shape index (κ1) is 13.4. The van der Waals surface area contributed by atoms with Crippen LogP contribution in [0.15, 0.2) is 42.6 Å². The van der Waals surface area contributed by atoms with E-state index in [1.807, 2.05) is 18.2 Å². The maximum Gasteiger partial charge on any atom is 0.183 e. The Morgan fingerprint density at radius 2 is 1.79 bits per heavy atom. The fraction of sp³-hybridized carbons (Fsp3) is 0.267. The summed E-state index contributed by atoms with van der Waals surface area (Å²) in [6.07, 6.45) is 1.72. The summed E-state index contributed by atoms with van der Waals surface area (Å²) in [6, 6.07) is 12.0. The average molecular weight is 258 g/mol. The van der Waals surface area contributed by atoms with E-state index in [0.717, 1.165) is 12.2 Å². The van der Waals surface area contributed by atoms with Crippen molar-refractivity contribution in [3.8, 4) is 11.5 Å². The van der Waals surface area contributed by atoms with E-state index >= 15 is 0 Å². The minimum absolute atomic E-state index is 0.634. The topological polar surface area (TPSA) is 43.4 Å². The fourth-order valence-corrected chi connectivity index (χ4v) is 1.90. The van der Waals surface area contributed by atoms with Crippen LogP contribution in [0.5, 0.6) is 11.5 Å². The van der Waals surface area contributed by atoms with E-state index in [9.17, 15) is 0 Å². The number of nitrogens with zero attached hydrogens (tertiary/aromatic N) is 1. The van der Waals surface area contributed by atoms with Crippen molar-refractivity contribution in [3.05, 3.63) is 53.9 Å². The number of nitrogens with one attached hydrogen (secondary N) is 1. The monoisotopic (exact) mass is 258 g/mol. The lowest BCUT2D eigenvalue weighted by molar-refractivity contribution is 0.348. The second kappa shape index (κ2) is 6.75. The molecule has 1 N–H and O–H groups in total. The Kier molecular flexibility index (Phi) is 4.75. The Bertz CT molecular complexity index is 515. The molecule has 2 rings (SSSR count). The van der Waals surface area contributed by atoms with E-state index in [1.54, 1.807) is 26.5 Å². The van der Waals surface area contributed by atoms with Gasteiger partial charge < -0.3 is 14.8 Å². The number of hydrogen-bond donors (Lipinski definition) is 1. The molecule has 0 aliphatic carbocycles. The molecule has 4 nitrogen and oxygen atoms in total. The number of methoxy groups -OCH3 is 2. The van der Waals surface area contributed by atoms with Gasteiger partial charge in [0.2, 0.25) is 0 Å². The smallest absolute Gasteiger partial charge is 0.183 e. The highest BCUT2D eigenvalue weighted by Crippen LogP contribution is 2.28. The third-order valence-electron chi connectivity index (χ3n) is 2.83. The van der Waals surface area contributed by atoms with Gasteiger partial charge in [0.05, 0.1) is 19.9 Å². The van der Waals surface area contributed by atoms with Crippen LogP contribution in [0.1, 0.15) is 11.3 Å². The lowest BCUT2D eigenvalue weighted by Crippen LogP contribution is -2.14. The first-order valence-corrected chi connectivity index (χ1v) is 6.15. The summed E-state index contributed by atoms with van der Waals surface area (Å²) in [4.78, 5) is 4.32. The molecule has 2 aromatic rings. The summed E-state index contributed by atoms with van der Waals surface area (Å²) >= 11 is 0. The minimum atomic E-state index is 0.634. The van der Waals surface area contributed by atoms with E-state index in [1.165, 1.54) is 5.56 Å². The Hall–Kier alpha value is -2.07. The van der Waals surface area contributed by atoms with Gasteiger partial charge in [0, 0.05) is 25.4 Å². The average Bonchev–Trinajstić information content (AvgIpc) is 2.48. The zero-order valence-corrected chi connectivity index (χ0v) is 11.2. The molecular weight excluding hydrogens is 240 g/mol. The molecule has 4 heteroatoms. The maximum atomic E-state index is 5.34. The van der Waals surface area contributed by atoms with Gasteiger partial charge in [-0.15, -0.1) is 0 Å². The van der Waals surface area contributed by atoms with Crippen LogP contribution in [0.4, 0.5) is 0 Å². The normalized spacial score (nSPS) is 10.2. The van der Waals surface area contributed by atoms with Crippen molar-refractivity contribution in [1.29, 1.82) is 0 Å². The second-order valence-electron chi connectivity index (χ2n) is 4.08. The van der Waals surface area contributed by atoms with Gasteiger partial charge in [0.1, 0.15) is 0 Å². The summed E-state index contributed by atoms with van der Waals surface area (Å²) < 4.78 is 10.6. The molecule has 0 unspecified atom stereocenters. The van der Waals surface area contributed by atoms with Gasteiger partial charge in [-0.3, -0.25) is 4.98 Å². The van der Waals surface area contributed by atoms with E-state index in [2.05, 4.69) is 22.4 Å². The zero-order valence-electron chi connectivity index (χ0n) is 11.2. The van der Waals surface area contributed by atoms with Crippen molar-refractivity contribution in [1.82, 2.24) is 10.3 Å². The SMILES string of the molecule is COc1ccnc(CNCc2ccccc2)c1OC. The molecule has 0 aliphatic heterocycles. The molecule has 1 aromatic heterocycles. The third kappa shape index (κ3) is 3.45. The first-order valence-electron chi connectivity index (χ1n) is 6.15. The summed E-state index contributed by atoms with van der Waals surface area (Å²) in [5.41, 5.74) is 2.09. The standard InChI is InChI=1S/C15H18N2O2/c1-18-14-8-9-17-13(15(14)19-2)11-16-10-12-6-4-3-5-7-12/h3-9,16H,10-11H2,1-2H3. The number of pyridine rings is 1. The van der Waals surface area contributed by atoms with Gasteiger partial charge in [-0.2, -0.15) is 0 Å². The molecule has 0 bridgehead atoms. The molecule has 0 fully saturated rings. The van der Waals surface area contributed by atoms with Crippen molar-refractivity contribution in [2.24, 2.45) is 0 Å². The summed E-state index contributed by atoms with van der Waals surface area (Å²) in [5, 5.41) is 3.35. The van der Waals surface area contributed by atoms with Gasteiger partial charge in [-0.1, -0.05) is 30.3 Å². The Morgan fingerprint density at radius 1 is 1.00 bits per heavy atom. The van der Waals surface area contributed by atoms with E-state index < -0.39 is 0 Å². The molecule has 0 saturated carbocycles. The predicted molar refractivity (Wildman–Crippen MR) is 74.3 cm³/mol. The van der Waals surface area contributed by atoms with Crippen LogP contribution in [-0.2, 0) is 13.1 Å². The molecule has 1 heterocycles. The van der Waals surface area contributed by atoms with E-state index in [-0.39, 0.29) is 0 Å². The number of benzene rings is 1. The van der Waals surface area contributed by atoms with Crippen molar-refractivity contribution < 1.29 is 9.47 Å². The van der Waals surface area contributed by atoms with Crippen LogP contribution in [0, 0.1) is 0 Å². The minimum Gasteiger partial charge on any atom is -0.493 e. The summed E-state index contributed by atoms with van der Waals surface area (Å²) in [5.74, 6) is 1.39. The highest BCUT2D eigenvalue weighted by molar-refractivity contribution is 5.42. The molecule has 19 heavy (non-hydrogen) atoms. The number of aromatic nitrogens is 1. The molecule has 1 aromatic carbocycles. The van der Waals surface area contributed by atoms with Crippen LogP contribution < -0.4 is 14.8 Å². The van der Waals surface area contributed by atoms with Crippen LogP contribution in [0.3, 0.4) is 0 Å². The van der Waals surface area contributed by atoms with Crippen LogP contribution in [0.2, 0.25) is 0 Å². The number of rotatable bonds is 6. The molecule has 0 spiro atoms. The predicted octanol–water partition coefficient (Wildman–Crippen LogP) is 2.39. The van der Waals surface area contributed by atoms with Crippen LogP contribution in [0.25, 0.3) is 0 Å². The number of ether oxygens (including phenoxy) is 2. The van der Waals surface area contributed by atoms with Gasteiger partial charge in [-0.05, 0) is 5.56 Å². The lowest BCUT2D eigenvalue weighted by atomic mass is 10.2. The Balaban J connectivity index is 2.00. The van der Waals surface area contributed by atoms with Gasteiger partial charge in [0.25, 0.3) is 0 Å². The molecule has 100 valence electrons. The lowest BCUT2D eigenvalue weighted by Gasteiger charge is -2.12. The van der Waals surface area contributed by atoms with Crippen molar-refractivity contribution >= 4 is 0 Å². The zero-order chi connectivity index (χ0) is 13.5. The van der Waals surface area contributed by atoms with Crippen molar-refractivity contribution in [3.63, 3.8) is 0 Å². The fourth-order valence-electron chi connectivity index (χ4n) is 1.90. The Labute approximate surface area is 113 Å². The quantitative estimate of drug-likeness (QED) is 0.864. The molecule has 0 radical (unpaired) electrons. The molecule has 0 atom stereocenters. The largest absolute Gasteiger partial charge is 0.493 e. The highest BCUT2D eigenvalue weighted by atomic mass is 16.5. The third-order valence-corrected chi connectivity index (χ3v) is 2.83. The second-order valence-corrected chi connectivity index (χ2v) is 4.08. The van der Waals surface area contributed by atoms with Crippen molar-refractivity contribution in [2.45, 2.75) is 13.1 Å². The first-order chi connectivity index (χ1) is 9.35.